The standard InChI is InChI=1S/C18H25NO/c1-18(2)8-10-19(11-9-18)13-17(20)16-7-6-14-4-3-5-15(14)12-16/h6-7,12H,3-5,8-11,13H2,1-2H3. The van der Waals surface area contributed by atoms with Gasteiger partial charge < -0.3 is 0 Å². The molecule has 2 heteroatoms. The first kappa shape index (κ1) is 13.8. The maximum Gasteiger partial charge on any atom is 0.176 e. The third kappa shape index (κ3) is 2.95. The van der Waals surface area contributed by atoms with Crippen molar-refractivity contribution in [3.8, 4) is 0 Å². The second kappa shape index (κ2) is 5.33. The minimum atomic E-state index is 0.291. The summed E-state index contributed by atoms with van der Waals surface area (Å²) < 4.78 is 0. The van der Waals surface area contributed by atoms with E-state index in [0.29, 0.717) is 17.7 Å². The van der Waals surface area contributed by atoms with Crippen LogP contribution in [0.1, 0.15) is 54.6 Å². The molecule has 0 unspecified atom stereocenters. The molecule has 2 nitrogen and oxygen atoms in total. The zero-order valence-corrected chi connectivity index (χ0v) is 12.7. The van der Waals surface area contributed by atoms with Crippen LogP contribution in [0.15, 0.2) is 18.2 Å². The number of nitrogens with zero attached hydrogens (tertiary/aromatic N) is 1. The molecule has 0 saturated carbocycles. The molecule has 1 aliphatic heterocycles. The number of benzene rings is 1. The maximum absolute atomic E-state index is 12.4. The molecule has 0 atom stereocenters. The highest BCUT2D eigenvalue weighted by atomic mass is 16.1. The lowest BCUT2D eigenvalue weighted by molar-refractivity contribution is 0.0845. The van der Waals surface area contributed by atoms with Crippen molar-refractivity contribution in [2.24, 2.45) is 5.41 Å². The molecule has 1 aliphatic carbocycles. The van der Waals surface area contributed by atoms with E-state index in [1.807, 2.05) is 6.07 Å². The van der Waals surface area contributed by atoms with Crippen molar-refractivity contribution in [2.75, 3.05) is 19.6 Å². The number of carbonyl (C=O) groups is 1. The normalized spacial score (nSPS) is 21.7. The summed E-state index contributed by atoms with van der Waals surface area (Å²) >= 11 is 0. The molecule has 1 aromatic carbocycles. The molecule has 1 fully saturated rings. The Morgan fingerprint density at radius 1 is 1.15 bits per heavy atom. The first-order valence-corrected chi connectivity index (χ1v) is 7.91. The highest BCUT2D eigenvalue weighted by Gasteiger charge is 2.26. The topological polar surface area (TPSA) is 20.3 Å². The maximum atomic E-state index is 12.4. The van der Waals surface area contributed by atoms with Crippen LogP contribution < -0.4 is 0 Å². The fraction of sp³-hybridized carbons (Fsp3) is 0.611. The second-order valence-corrected chi connectivity index (χ2v) is 7.20. The monoisotopic (exact) mass is 271 g/mol. The van der Waals surface area contributed by atoms with Gasteiger partial charge in [-0.1, -0.05) is 26.0 Å². The molecule has 0 N–H and O–H groups in total. The molecule has 108 valence electrons. The summed E-state index contributed by atoms with van der Waals surface area (Å²) in [6.45, 7) is 7.36. The highest BCUT2D eigenvalue weighted by Crippen LogP contribution is 2.29. The van der Waals surface area contributed by atoms with Crippen LogP contribution in [-0.2, 0) is 12.8 Å². The number of rotatable bonds is 3. The van der Waals surface area contributed by atoms with Crippen molar-refractivity contribution in [1.29, 1.82) is 0 Å². The highest BCUT2D eigenvalue weighted by molar-refractivity contribution is 5.97. The molecule has 0 amide bonds. The van der Waals surface area contributed by atoms with E-state index in [0.717, 1.165) is 25.1 Å². The Kier molecular flexibility index (Phi) is 3.68. The van der Waals surface area contributed by atoms with Gasteiger partial charge in [-0.25, -0.2) is 0 Å². The first-order valence-electron chi connectivity index (χ1n) is 7.91. The Morgan fingerprint density at radius 2 is 1.85 bits per heavy atom. The lowest BCUT2D eigenvalue weighted by Gasteiger charge is -2.36. The average molecular weight is 271 g/mol. The van der Waals surface area contributed by atoms with Gasteiger partial charge in [-0.2, -0.15) is 0 Å². The van der Waals surface area contributed by atoms with Crippen molar-refractivity contribution in [1.82, 2.24) is 4.90 Å². The molecule has 2 aliphatic rings. The molecule has 1 heterocycles. The van der Waals surface area contributed by atoms with E-state index in [4.69, 9.17) is 0 Å². The lowest BCUT2D eigenvalue weighted by Crippen LogP contribution is -2.40. The van der Waals surface area contributed by atoms with Crippen molar-refractivity contribution < 1.29 is 4.79 Å². The number of aryl methyl sites for hydroxylation is 2. The van der Waals surface area contributed by atoms with E-state index in [-0.39, 0.29) is 0 Å². The molecule has 1 aromatic rings. The Hall–Kier alpha value is -1.15. The van der Waals surface area contributed by atoms with Gasteiger partial charge in [-0.15, -0.1) is 0 Å². The third-order valence-corrected chi connectivity index (χ3v) is 5.00. The van der Waals surface area contributed by atoms with E-state index in [1.165, 1.54) is 36.8 Å². The minimum absolute atomic E-state index is 0.291. The summed E-state index contributed by atoms with van der Waals surface area (Å²) in [5, 5.41) is 0. The molecule has 0 aromatic heterocycles. The number of hydrogen-bond acceptors (Lipinski definition) is 2. The number of hydrogen-bond donors (Lipinski definition) is 0. The van der Waals surface area contributed by atoms with Crippen LogP contribution in [0, 0.1) is 5.41 Å². The minimum Gasteiger partial charge on any atom is -0.296 e. The average Bonchev–Trinajstić information content (AvgIpc) is 2.88. The number of fused-ring (bicyclic) bond motifs is 1. The fourth-order valence-corrected chi connectivity index (χ4v) is 3.36. The Labute approximate surface area is 122 Å². The van der Waals surface area contributed by atoms with Gasteiger partial charge in [0, 0.05) is 5.56 Å². The predicted molar refractivity (Wildman–Crippen MR) is 82.3 cm³/mol. The zero-order chi connectivity index (χ0) is 14.2. The molecule has 20 heavy (non-hydrogen) atoms. The third-order valence-electron chi connectivity index (χ3n) is 5.00. The smallest absolute Gasteiger partial charge is 0.176 e. The molecule has 0 spiro atoms. The van der Waals surface area contributed by atoms with Gasteiger partial charge >= 0.3 is 0 Å². The van der Waals surface area contributed by atoms with Gasteiger partial charge in [0.2, 0.25) is 0 Å². The number of likely N-dealkylation sites (tertiary alicyclic amines) is 1. The molecule has 3 rings (SSSR count). The van der Waals surface area contributed by atoms with Gasteiger partial charge in [-0.3, -0.25) is 9.69 Å². The summed E-state index contributed by atoms with van der Waals surface area (Å²) in [6.07, 6.45) is 5.97. The summed E-state index contributed by atoms with van der Waals surface area (Å²) in [5.41, 5.74) is 4.21. The van der Waals surface area contributed by atoms with Crippen molar-refractivity contribution in [3.63, 3.8) is 0 Å². The van der Waals surface area contributed by atoms with E-state index in [2.05, 4.69) is 30.9 Å². The largest absolute Gasteiger partial charge is 0.296 e. The number of Topliss-reactive ketones (excluding diaryl/α,β-unsaturated/α-hetero) is 1. The number of piperidine rings is 1. The van der Waals surface area contributed by atoms with Crippen LogP contribution in [-0.4, -0.2) is 30.3 Å². The first-order chi connectivity index (χ1) is 9.53. The Morgan fingerprint density at radius 3 is 2.60 bits per heavy atom. The van der Waals surface area contributed by atoms with Crippen molar-refractivity contribution >= 4 is 5.78 Å². The van der Waals surface area contributed by atoms with Crippen LogP contribution in [0.2, 0.25) is 0 Å². The van der Waals surface area contributed by atoms with E-state index < -0.39 is 0 Å². The summed E-state index contributed by atoms with van der Waals surface area (Å²) in [4.78, 5) is 14.8. The summed E-state index contributed by atoms with van der Waals surface area (Å²) in [7, 11) is 0. The molecule has 1 saturated heterocycles. The van der Waals surface area contributed by atoms with Crippen LogP contribution >= 0.6 is 0 Å². The number of ketones is 1. The van der Waals surface area contributed by atoms with Gasteiger partial charge in [0.25, 0.3) is 0 Å². The van der Waals surface area contributed by atoms with E-state index >= 15 is 0 Å². The molecular weight excluding hydrogens is 246 g/mol. The molecular formula is C18H25NO. The second-order valence-electron chi connectivity index (χ2n) is 7.20. The molecule has 0 bridgehead atoms. The van der Waals surface area contributed by atoms with Gasteiger partial charge in [-0.05, 0) is 67.8 Å². The summed E-state index contributed by atoms with van der Waals surface area (Å²) in [6, 6.07) is 6.33. The van der Waals surface area contributed by atoms with Gasteiger partial charge in [0.15, 0.2) is 5.78 Å². The van der Waals surface area contributed by atoms with Crippen molar-refractivity contribution in [2.45, 2.75) is 46.0 Å². The van der Waals surface area contributed by atoms with E-state index in [9.17, 15) is 4.79 Å². The van der Waals surface area contributed by atoms with Crippen LogP contribution in [0.25, 0.3) is 0 Å². The quantitative estimate of drug-likeness (QED) is 0.784. The molecule has 0 radical (unpaired) electrons. The predicted octanol–water partition coefficient (Wildman–Crippen LogP) is 3.48. The van der Waals surface area contributed by atoms with Crippen LogP contribution in [0.5, 0.6) is 0 Å². The van der Waals surface area contributed by atoms with Crippen LogP contribution in [0.4, 0.5) is 0 Å². The van der Waals surface area contributed by atoms with Gasteiger partial charge in [0.1, 0.15) is 0 Å². The van der Waals surface area contributed by atoms with Crippen LogP contribution in [0.3, 0.4) is 0 Å². The zero-order valence-electron chi connectivity index (χ0n) is 12.7. The van der Waals surface area contributed by atoms with E-state index in [1.54, 1.807) is 0 Å². The number of carbonyl (C=O) groups excluding carboxylic acids is 1. The Bertz CT molecular complexity index is 508. The Balaban J connectivity index is 1.62. The van der Waals surface area contributed by atoms with Crippen molar-refractivity contribution in [3.05, 3.63) is 34.9 Å². The van der Waals surface area contributed by atoms with Gasteiger partial charge in [0.05, 0.1) is 6.54 Å². The SMILES string of the molecule is CC1(C)CCN(CC(=O)c2ccc3c(c2)CCC3)CC1. The lowest BCUT2D eigenvalue weighted by atomic mass is 9.82. The summed E-state index contributed by atoms with van der Waals surface area (Å²) in [5.74, 6) is 0.291. The fourth-order valence-electron chi connectivity index (χ4n) is 3.36.